The molecule has 0 radical (unpaired) electrons. The second kappa shape index (κ2) is 9.21. The van der Waals surface area contributed by atoms with Gasteiger partial charge in [-0.3, -0.25) is 0 Å². The highest BCUT2D eigenvalue weighted by molar-refractivity contribution is 5.88. The van der Waals surface area contributed by atoms with E-state index in [-0.39, 0.29) is 19.2 Å². The molecule has 1 N–H and O–H groups in total. The Morgan fingerprint density at radius 3 is 2.31 bits per heavy atom. The van der Waals surface area contributed by atoms with E-state index in [0.717, 1.165) is 12.8 Å². The molecule has 0 spiro atoms. The van der Waals surface area contributed by atoms with Crippen LogP contribution < -0.4 is 0 Å². The van der Waals surface area contributed by atoms with E-state index in [1.165, 1.54) is 0 Å². The zero-order valence-corrected chi connectivity index (χ0v) is 10.4. The summed E-state index contributed by atoms with van der Waals surface area (Å²) in [5.41, 5.74) is 0.503. The van der Waals surface area contributed by atoms with E-state index in [4.69, 9.17) is 14.6 Å². The average molecular weight is 230 g/mol. The van der Waals surface area contributed by atoms with Crippen molar-refractivity contribution >= 4 is 5.97 Å². The molecule has 0 saturated heterocycles. The number of esters is 1. The molecular formula is C12H22O4. The van der Waals surface area contributed by atoms with Crippen LogP contribution in [0.1, 0.15) is 40.0 Å². The number of ether oxygens (including phenoxy) is 2. The fourth-order valence-electron chi connectivity index (χ4n) is 1.18. The van der Waals surface area contributed by atoms with Crippen LogP contribution in [-0.4, -0.2) is 30.9 Å². The summed E-state index contributed by atoms with van der Waals surface area (Å²) in [5, 5.41) is 8.68. The molecule has 0 amide bonds. The van der Waals surface area contributed by atoms with E-state index >= 15 is 0 Å². The van der Waals surface area contributed by atoms with Crippen LogP contribution >= 0.6 is 0 Å². The van der Waals surface area contributed by atoms with Gasteiger partial charge in [0, 0.05) is 6.42 Å². The van der Waals surface area contributed by atoms with Crippen LogP contribution in [0.15, 0.2) is 11.3 Å². The molecule has 0 saturated carbocycles. The number of aliphatic hydroxyl groups excluding tert-OH is 1. The van der Waals surface area contributed by atoms with Gasteiger partial charge in [-0.05, 0) is 19.8 Å². The summed E-state index contributed by atoms with van der Waals surface area (Å²) >= 11 is 0. The van der Waals surface area contributed by atoms with Gasteiger partial charge in [-0.25, -0.2) is 4.79 Å². The predicted octanol–water partition coefficient (Wildman–Crippen LogP) is 2.02. The molecule has 0 aliphatic heterocycles. The third-order valence-electron chi connectivity index (χ3n) is 2.01. The first-order valence-corrected chi connectivity index (χ1v) is 5.77. The monoisotopic (exact) mass is 230 g/mol. The summed E-state index contributed by atoms with van der Waals surface area (Å²) in [4.78, 5) is 11.6. The minimum absolute atomic E-state index is 0.0511. The molecule has 0 aromatic rings. The van der Waals surface area contributed by atoms with Crippen LogP contribution in [0, 0.1) is 0 Å². The maximum atomic E-state index is 11.6. The van der Waals surface area contributed by atoms with Crippen molar-refractivity contribution in [2.24, 2.45) is 0 Å². The van der Waals surface area contributed by atoms with Gasteiger partial charge in [-0.2, -0.15) is 0 Å². The second-order valence-electron chi connectivity index (χ2n) is 3.51. The van der Waals surface area contributed by atoms with Crippen LogP contribution in [-0.2, 0) is 14.3 Å². The Labute approximate surface area is 97.2 Å². The van der Waals surface area contributed by atoms with Crippen LogP contribution in [0.3, 0.4) is 0 Å². The first-order chi connectivity index (χ1) is 7.67. The van der Waals surface area contributed by atoms with Gasteiger partial charge in [0.1, 0.15) is 12.4 Å². The highest BCUT2D eigenvalue weighted by atomic mass is 16.5. The van der Waals surface area contributed by atoms with E-state index in [1.807, 2.05) is 13.8 Å². The van der Waals surface area contributed by atoms with Crippen molar-refractivity contribution in [3.8, 4) is 0 Å². The summed E-state index contributed by atoms with van der Waals surface area (Å²) in [6.45, 7) is 6.24. The van der Waals surface area contributed by atoms with Crippen molar-refractivity contribution < 1.29 is 19.4 Å². The summed E-state index contributed by atoms with van der Waals surface area (Å²) in [6.07, 6.45) is 2.38. The zero-order chi connectivity index (χ0) is 12.4. The third-order valence-corrected chi connectivity index (χ3v) is 2.01. The summed E-state index contributed by atoms with van der Waals surface area (Å²) in [5.74, 6) is 0.292. The number of hydrogen-bond donors (Lipinski definition) is 1. The fourth-order valence-corrected chi connectivity index (χ4v) is 1.18. The van der Waals surface area contributed by atoms with Crippen molar-refractivity contribution in [1.29, 1.82) is 0 Å². The highest BCUT2D eigenvalue weighted by Crippen LogP contribution is 2.14. The van der Waals surface area contributed by atoms with Crippen LogP contribution in [0.2, 0.25) is 0 Å². The molecular weight excluding hydrogens is 208 g/mol. The number of carbonyl (C=O) groups is 1. The van der Waals surface area contributed by atoms with Gasteiger partial charge in [0.05, 0.1) is 18.8 Å². The lowest BCUT2D eigenvalue weighted by Crippen LogP contribution is -2.11. The van der Waals surface area contributed by atoms with Crippen molar-refractivity contribution in [3.05, 3.63) is 11.3 Å². The molecule has 94 valence electrons. The maximum absolute atomic E-state index is 11.6. The second-order valence-corrected chi connectivity index (χ2v) is 3.51. The smallest absolute Gasteiger partial charge is 0.337 e. The van der Waals surface area contributed by atoms with E-state index < -0.39 is 0 Å². The molecule has 4 heteroatoms. The molecule has 0 fully saturated rings. The largest absolute Gasteiger partial charge is 0.495 e. The lowest BCUT2D eigenvalue weighted by Gasteiger charge is -2.12. The van der Waals surface area contributed by atoms with Gasteiger partial charge >= 0.3 is 5.97 Å². The number of carbonyl (C=O) groups excluding carboxylic acids is 1. The molecule has 0 aliphatic carbocycles. The van der Waals surface area contributed by atoms with Gasteiger partial charge in [0.2, 0.25) is 0 Å². The molecule has 0 bridgehead atoms. The molecule has 0 aromatic heterocycles. The fraction of sp³-hybridized carbons (Fsp3) is 0.750. The van der Waals surface area contributed by atoms with Gasteiger partial charge in [-0.15, -0.1) is 0 Å². The Hall–Kier alpha value is -1.03. The van der Waals surface area contributed by atoms with Crippen LogP contribution in [0.5, 0.6) is 0 Å². The Morgan fingerprint density at radius 1 is 1.12 bits per heavy atom. The van der Waals surface area contributed by atoms with E-state index in [9.17, 15) is 4.79 Å². The normalized spacial score (nSPS) is 12.0. The van der Waals surface area contributed by atoms with Gasteiger partial charge in [0.15, 0.2) is 0 Å². The van der Waals surface area contributed by atoms with Gasteiger partial charge in [0.25, 0.3) is 0 Å². The Bertz CT molecular complexity index is 233. The van der Waals surface area contributed by atoms with E-state index in [0.29, 0.717) is 24.4 Å². The van der Waals surface area contributed by atoms with E-state index in [2.05, 4.69) is 0 Å². The van der Waals surface area contributed by atoms with Crippen molar-refractivity contribution in [3.63, 3.8) is 0 Å². The Morgan fingerprint density at radius 2 is 1.81 bits per heavy atom. The predicted molar refractivity (Wildman–Crippen MR) is 61.9 cm³/mol. The van der Waals surface area contributed by atoms with Gasteiger partial charge in [-0.1, -0.05) is 13.8 Å². The Balaban J connectivity index is 4.46. The molecule has 0 atom stereocenters. The molecule has 0 aromatic carbocycles. The summed E-state index contributed by atoms with van der Waals surface area (Å²) in [6, 6.07) is 0. The lowest BCUT2D eigenvalue weighted by molar-refractivity contribution is -0.139. The average Bonchev–Trinajstić information content (AvgIpc) is 2.30. The molecule has 0 heterocycles. The summed E-state index contributed by atoms with van der Waals surface area (Å²) < 4.78 is 10.3. The maximum Gasteiger partial charge on any atom is 0.337 e. The first kappa shape index (κ1) is 15.0. The molecule has 0 unspecified atom stereocenters. The van der Waals surface area contributed by atoms with Crippen LogP contribution in [0.25, 0.3) is 0 Å². The van der Waals surface area contributed by atoms with Gasteiger partial charge < -0.3 is 14.6 Å². The van der Waals surface area contributed by atoms with Crippen molar-refractivity contribution in [2.75, 3.05) is 19.8 Å². The number of allylic oxidation sites excluding steroid dienone is 1. The molecule has 0 rings (SSSR count). The zero-order valence-electron chi connectivity index (χ0n) is 10.4. The lowest BCUT2D eigenvalue weighted by atomic mass is 10.2. The number of rotatable bonds is 8. The van der Waals surface area contributed by atoms with E-state index in [1.54, 1.807) is 6.92 Å². The molecule has 16 heavy (non-hydrogen) atoms. The standard InChI is InChI=1S/C12H22O4/c1-4-6-11(15-9-7-13)10(3)12(14)16-8-5-2/h13H,4-9H2,1-3H3. The quantitative estimate of drug-likeness (QED) is 0.394. The summed E-state index contributed by atoms with van der Waals surface area (Å²) in [7, 11) is 0. The highest BCUT2D eigenvalue weighted by Gasteiger charge is 2.12. The molecule has 4 nitrogen and oxygen atoms in total. The van der Waals surface area contributed by atoms with Crippen LogP contribution in [0.4, 0.5) is 0 Å². The topological polar surface area (TPSA) is 55.8 Å². The minimum Gasteiger partial charge on any atom is -0.495 e. The van der Waals surface area contributed by atoms with Crippen molar-refractivity contribution in [2.45, 2.75) is 40.0 Å². The number of aliphatic hydroxyl groups is 1. The third kappa shape index (κ3) is 5.75. The minimum atomic E-state index is -0.330. The Kier molecular flexibility index (Phi) is 8.62. The SMILES string of the molecule is CCCOC(=O)C(C)=C(CCC)OCCO. The van der Waals surface area contributed by atoms with Crippen molar-refractivity contribution in [1.82, 2.24) is 0 Å². The molecule has 0 aliphatic rings. The number of hydrogen-bond acceptors (Lipinski definition) is 4. The first-order valence-electron chi connectivity index (χ1n) is 5.77.